The highest BCUT2D eigenvalue weighted by molar-refractivity contribution is 7.99. The molecule has 0 spiro atoms. The number of piperidine rings is 1. The average Bonchev–Trinajstić information content (AvgIpc) is 3.18. The van der Waals surface area contributed by atoms with Gasteiger partial charge in [-0.1, -0.05) is 18.7 Å². The van der Waals surface area contributed by atoms with Gasteiger partial charge in [-0.3, -0.25) is 0 Å². The molecule has 1 aliphatic carbocycles. The summed E-state index contributed by atoms with van der Waals surface area (Å²) in [7, 11) is 0. The van der Waals surface area contributed by atoms with E-state index in [0.29, 0.717) is 11.8 Å². The smallest absolute Gasteiger partial charge is 0.410 e. The number of amides is 1. The number of nitrogens with zero attached hydrogens (tertiary/aromatic N) is 3. The zero-order chi connectivity index (χ0) is 17.3. The number of thioether (sulfide) groups is 1. The predicted molar refractivity (Wildman–Crippen MR) is 94.8 cm³/mol. The number of rotatable bonds is 5. The summed E-state index contributed by atoms with van der Waals surface area (Å²) in [6.45, 7) is 8.59. The first kappa shape index (κ1) is 17.8. The Hall–Kier alpha value is -1.02. The molecule has 2 fully saturated rings. The van der Waals surface area contributed by atoms with Gasteiger partial charge in [0.2, 0.25) is 0 Å². The minimum absolute atomic E-state index is 0.0128. The first-order valence-corrected chi connectivity index (χ1v) is 10.2. The van der Waals surface area contributed by atoms with Crippen LogP contribution >= 0.6 is 23.5 Å². The van der Waals surface area contributed by atoms with E-state index >= 15 is 0 Å². The van der Waals surface area contributed by atoms with E-state index in [1.807, 2.05) is 25.7 Å². The van der Waals surface area contributed by atoms with E-state index in [1.54, 1.807) is 11.8 Å². The molecule has 1 saturated heterocycles. The van der Waals surface area contributed by atoms with E-state index in [9.17, 15) is 4.79 Å². The van der Waals surface area contributed by atoms with Crippen molar-refractivity contribution in [3.63, 3.8) is 0 Å². The summed E-state index contributed by atoms with van der Waals surface area (Å²) in [5.74, 6) is 2.12. The van der Waals surface area contributed by atoms with Gasteiger partial charge in [0.25, 0.3) is 5.88 Å². The molecule has 0 radical (unpaired) electrons. The largest absolute Gasteiger partial charge is 0.470 e. The van der Waals surface area contributed by atoms with Crippen molar-refractivity contribution in [2.75, 3.05) is 12.3 Å². The maximum atomic E-state index is 12.4. The van der Waals surface area contributed by atoms with Crippen LogP contribution in [0.4, 0.5) is 4.79 Å². The minimum Gasteiger partial charge on any atom is -0.470 e. The average molecular weight is 372 g/mol. The monoisotopic (exact) mass is 371 g/mol. The number of hydrogen-bond donors (Lipinski definition) is 0. The molecule has 1 aliphatic heterocycles. The summed E-state index contributed by atoms with van der Waals surface area (Å²) in [5.41, 5.74) is -0.474. The van der Waals surface area contributed by atoms with Crippen molar-refractivity contribution in [3.8, 4) is 5.88 Å². The lowest BCUT2D eigenvalue weighted by Crippen LogP contribution is -2.48. The molecule has 1 aromatic rings. The molecule has 1 aromatic heterocycles. The van der Waals surface area contributed by atoms with Gasteiger partial charge in [0, 0.05) is 6.54 Å². The van der Waals surface area contributed by atoms with Crippen LogP contribution in [0.15, 0.2) is 5.03 Å². The molecule has 1 amide bonds. The van der Waals surface area contributed by atoms with Crippen LogP contribution in [-0.4, -0.2) is 49.8 Å². The third-order valence-corrected chi connectivity index (χ3v) is 5.97. The van der Waals surface area contributed by atoms with E-state index < -0.39 is 5.60 Å². The number of carbonyl (C=O) groups excluding carboxylic acids is 1. The summed E-state index contributed by atoms with van der Waals surface area (Å²) in [5, 5.41) is 0.869. The fourth-order valence-corrected chi connectivity index (χ4v) is 4.68. The van der Waals surface area contributed by atoms with Gasteiger partial charge in [-0.25, -0.2) is 4.79 Å². The number of ether oxygens (including phenoxy) is 2. The Balaban J connectivity index is 1.64. The molecule has 3 unspecified atom stereocenters. The Morgan fingerprint density at radius 1 is 1.38 bits per heavy atom. The first-order chi connectivity index (χ1) is 11.4. The molecule has 1 saturated carbocycles. The second-order valence-corrected chi connectivity index (χ2v) is 9.03. The molecule has 0 N–H and O–H groups in total. The van der Waals surface area contributed by atoms with Crippen molar-refractivity contribution in [2.24, 2.45) is 5.92 Å². The fourth-order valence-electron chi connectivity index (χ4n) is 3.30. The van der Waals surface area contributed by atoms with Crippen LogP contribution in [0.1, 0.15) is 47.0 Å². The second kappa shape index (κ2) is 7.07. The number of likely N-dealkylation sites (tertiary alicyclic amines) is 1. The van der Waals surface area contributed by atoms with Crippen LogP contribution in [0.3, 0.4) is 0 Å². The SMILES string of the molecule is CCCSc1nsnc1OC1CC2CC1N(C(=O)OC(C)(C)C)C2. The maximum Gasteiger partial charge on any atom is 0.410 e. The fraction of sp³-hybridized carbons (Fsp3) is 0.812. The summed E-state index contributed by atoms with van der Waals surface area (Å²) < 4.78 is 20.3. The highest BCUT2D eigenvalue weighted by Crippen LogP contribution is 2.41. The summed E-state index contributed by atoms with van der Waals surface area (Å²) in [6, 6.07) is 0.0792. The molecule has 2 bridgehead atoms. The van der Waals surface area contributed by atoms with Crippen LogP contribution in [0.5, 0.6) is 5.88 Å². The van der Waals surface area contributed by atoms with E-state index in [0.717, 1.165) is 36.6 Å². The van der Waals surface area contributed by atoms with Gasteiger partial charge in [-0.2, -0.15) is 4.37 Å². The van der Waals surface area contributed by atoms with Crippen molar-refractivity contribution < 1.29 is 14.3 Å². The van der Waals surface area contributed by atoms with Gasteiger partial charge in [-0.05, 0) is 51.7 Å². The van der Waals surface area contributed by atoms with Crippen LogP contribution in [0, 0.1) is 5.92 Å². The van der Waals surface area contributed by atoms with E-state index in [4.69, 9.17) is 9.47 Å². The lowest BCUT2D eigenvalue weighted by molar-refractivity contribution is 0.00182. The van der Waals surface area contributed by atoms with Gasteiger partial charge in [-0.15, -0.1) is 4.37 Å². The molecule has 24 heavy (non-hydrogen) atoms. The normalized spacial score (nSPS) is 26.0. The van der Waals surface area contributed by atoms with Gasteiger partial charge in [0.05, 0.1) is 17.8 Å². The van der Waals surface area contributed by atoms with Crippen LogP contribution < -0.4 is 4.74 Å². The summed E-state index contributed by atoms with van der Waals surface area (Å²) >= 11 is 2.86. The van der Waals surface area contributed by atoms with Crippen LogP contribution in [-0.2, 0) is 4.74 Å². The lowest BCUT2D eigenvalue weighted by atomic mass is 10.1. The minimum atomic E-state index is -0.474. The zero-order valence-corrected chi connectivity index (χ0v) is 16.3. The maximum absolute atomic E-state index is 12.4. The van der Waals surface area contributed by atoms with Crippen molar-refractivity contribution in [2.45, 2.75) is 69.7 Å². The topological polar surface area (TPSA) is 64.6 Å². The van der Waals surface area contributed by atoms with E-state index in [1.165, 1.54) is 11.7 Å². The van der Waals surface area contributed by atoms with Crippen molar-refractivity contribution in [3.05, 3.63) is 0 Å². The molecular weight excluding hydrogens is 346 g/mol. The van der Waals surface area contributed by atoms with E-state index in [-0.39, 0.29) is 18.2 Å². The molecule has 6 nitrogen and oxygen atoms in total. The Morgan fingerprint density at radius 3 is 2.83 bits per heavy atom. The number of fused-ring (bicyclic) bond motifs is 2. The summed E-state index contributed by atoms with van der Waals surface area (Å²) in [6.07, 6.45) is 2.79. The van der Waals surface area contributed by atoms with Gasteiger partial charge in [0.1, 0.15) is 11.7 Å². The third-order valence-electron chi connectivity index (χ3n) is 4.19. The zero-order valence-electron chi connectivity index (χ0n) is 14.7. The van der Waals surface area contributed by atoms with Gasteiger partial charge < -0.3 is 14.4 Å². The predicted octanol–water partition coefficient (Wildman–Crippen LogP) is 3.82. The molecule has 0 aromatic carbocycles. The Kier molecular flexibility index (Phi) is 5.24. The molecule has 8 heteroatoms. The van der Waals surface area contributed by atoms with Crippen molar-refractivity contribution in [1.82, 2.24) is 13.6 Å². The summed E-state index contributed by atoms with van der Waals surface area (Å²) in [4.78, 5) is 14.3. The Bertz CT molecular complexity index is 587. The highest BCUT2D eigenvalue weighted by Gasteiger charge is 2.49. The third kappa shape index (κ3) is 3.96. The van der Waals surface area contributed by atoms with Crippen molar-refractivity contribution in [1.29, 1.82) is 0 Å². The molecular formula is C16H25N3O3S2. The van der Waals surface area contributed by atoms with Crippen LogP contribution in [0.2, 0.25) is 0 Å². The number of carbonyl (C=O) groups is 1. The first-order valence-electron chi connectivity index (χ1n) is 8.49. The Morgan fingerprint density at radius 2 is 2.17 bits per heavy atom. The van der Waals surface area contributed by atoms with Crippen LogP contribution in [0.25, 0.3) is 0 Å². The van der Waals surface area contributed by atoms with E-state index in [2.05, 4.69) is 15.7 Å². The van der Waals surface area contributed by atoms with Gasteiger partial charge >= 0.3 is 6.09 Å². The van der Waals surface area contributed by atoms with Gasteiger partial charge in [0.15, 0.2) is 5.03 Å². The molecule has 2 heterocycles. The molecule has 3 atom stereocenters. The number of hydrogen-bond acceptors (Lipinski definition) is 7. The lowest BCUT2D eigenvalue weighted by Gasteiger charge is -2.34. The highest BCUT2D eigenvalue weighted by atomic mass is 32.2. The second-order valence-electron chi connectivity index (χ2n) is 7.42. The quantitative estimate of drug-likeness (QED) is 0.733. The molecule has 3 rings (SSSR count). The number of aromatic nitrogens is 2. The molecule has 2 aliphatic rings. The Labute approximate surface area is 151 Å². The van der Waals surface area contributed by atoms with Crippen molar-refractivity contribution >= 4 is 29.6 Å². The standard InChI is InChI=1S/C16H25N3O3S2/c1-5-6-23-14-13(17-24-18-14)21-12-8-10-7-11(12)19(9-10)15(20)22-16(2,3)4/h10-12H,5-9H2,1-4H3. The molecule has 134 valence electrons.